The molecule has 0 bridgehead atoms. The summed E-state index contributed by atoms with van der Waals surface area (Å²) in [4.78, 5) is 34.0. The highest BCUT2D eigenvalue weighted by Gasteiger charge is 2.18. The highest BCUT2D eigenvalue weighted by molar-refractivity contribution is 6.32. The molecule has 0 radical (unpaired) electrons. The van der Waals surface area contributed by atoms with Gasteiger partial charge in [-0.25, -0.2) is 9.59 Å². The largest absolute Gasteiger partial charge is 0.481 e. The molecule has 0 aliphatic carbocycles. The van der Waals surface area contributed by atoms with Crippen molar-refractivity contribution in [1.29, 1.82) is 0 Å². The minimum absolute atomic E-state index is 0.0379. The molecule has 0 atom stereocenters. The van der Waals surface area contributed by atoms with Crippen LogP contribution in [0.2, 0.25) is 10.0 Å². The number of allylic oxidation sites excluding steroid dienone is 1. The SMILES string of the molecule is Cc1c(Cl)cc(C(=CCCCCC(=O)O)c2cc(Cl)c(C)c(C(=O)O)c2)cc1C(=O)O. The van der Waals surface area contributed by atoms with E-state index in [1.165, 1.54) is 12.1 Å². The first kappa shape index (κ1) is 24.4. The van der Waals surface area contributed by atoms with E-state index in [1.807, 2.05) is 6.08 Å². The molecule has 0 saturated carbocycles. The zero-order valence-corrected chi connectivity index (χ0v) is 18.5. The first-order chi connectivity index (χ1) is 14.5. The van der Waals surface area contributed by atoms with Crippen LogP contribution in [0.5, 0.6) is 0 Å². The fraction of sp³-hybridized carbons (Fsp3) is 0.261. The lowest BCUT2D eigenvalue weighted by molar-refractivity contribution is -0.137. The normalized spacial score (nSPS) is 10.6. The van der Waals surface area contributed by atoms with Crippen molar-refractivity contribution in [2.75, 3.05) is 0 Å². The number of hydrogen-bond donors (Lipinski definition) is 3. The lowest BCUT2D eigenvalue weighted by Gasteiger charge is -2.15. The summed E-state index contributed by atoms with van der Waals surface area (Å²) in [6, 6.07) is 6.23. The fourth-order valence-corrected chi connectivity index (χ4v) is 3.62. The number of aromatic carboxylic acids is 2. The van der Waals surface area contributed by atoms with E-state index in [9.17, 15) is 24.6 Å². The van der Waals surface area contributed by atoms with Gasteiger partial charge in [-0.05, 0) is 85.2 Å². The van der Waals surface area contributed by atoms with E-state index in [1.54, 1.807) is 26.0 Å². The van der Waals surface area contributed by atoms with Crippen LogP contribution >= 0.6 is 23.2 Å². The predicted molar refractivity (Wildman–Crippen MR) is 119 cm³/mol. The van der Waals surface area contributed by atoms with Crippen LogP contribution in [0.4, 0.5) is 0 Å². The molecule has 31 heavy (non-hydrogen) atoms. The molecule has 164 valence electrons. The standard InChI is InChI=1S/C23H22Cl2O6/c1-12-17(22(28)29)8-14(10-19(12)24)16(6-4-3-5-7-21(26)27)15-9-18(23(30)31)13(2)20(25)11-15/h6,8-11H,3-5,7H2,1-2H3,(H,26,27)(H,28,29)(H,30,31). The molecule has 0 fully saturated rings. The second kappa shape index (κ2) is 10.5. The molecular formula is C23H22Cl2O6. The van der Waals surface area contributed by atoms with Crippen LogP contribution in [0, 0.1) is 13.8 Å². The van der Waals surface area contributed by atoms with Crippen molar-refractivity contribution in [2.24, 2.45) is 0 Å². The number of carboxylic acid groups (broad SMARTS) is 3. The van der Waals surface area contributed by atoms with Crippen molar-refractivity contribution in [3.8, 4) is 0 Å². The van der Waals surface area contributed by atoms with Gasteiger partial charge in [-0.1, -0.05) is 29.3 Å². The maximum atomic E-state index is 11.7. The Hall–Kier alpha value is -2.83. The van der Waals surface area contributed by atoms with Crippen LogP contribution in [-0.4, -0.2) is 33.2 Å². The highest BCUT2D eigenvalue weighted by atomic mass is 35.5. The molecule has 0 aliphatic rings. The number of hydrogen-bond acceptors (Lipinski definition) is 3. The van der Waals surface area contributed by atoms with Crippen molar-refractivity contribution in [3.05, 3.63) is 73.8 Å². The maximum Gasteiger partial charge on any atom is 0.336 e. The van der Waals surface area contributed by atoms with Crippen molar-refractivity contribution >= 4 is 46.7 Å². The van der Waals surface area contributed by atoms with E-state index in [2.05, 4.69) is 0 Å². The maximum absolute atomic E-state index is 11.7. The van der Waals surface area contributed by atoms with Gasteiger partial charge in [0, 0.05) is 16.5 Å². The number of carboxylic acids is 3. The van der Waals surface area contributed by atoms with Crippen molar-refractivity contribution in [1.82, 2.24) is 0 Å². The summed E-state index contributed by atoms with van der Waals surface area (Å²) in [5.74, 6) is -3.14. The Kier molecular flexibility index (Phi) is 8.25. The van der Waals surface area contributed by atoms with Gasteiger partial charge in [0.1, 0.15) is 0 Å². The first-order valence-electron chi connectivity index (χ1n) is 9.52. The Balaban J connectivity index is 2.62. The van der Waals surface area contributed by atoms with Crippen molar-refractivity contribution < 1.29 is 29.7 Å². The van der Waals surface area contributed by atoms with Gasteiger partial charge in [0.2, 0.25) is 0 Å². The average Bonchev–Trinajstić information content (AvgIpc) is 2.68. The number of carbonyl (C=O) groups is 3. The molecule has 0 aromatic heterocycles. The predicted octanol–water partition coefficient (Wildman–Crippen LogP) is 6.08. The topological polar surface area (TPSA) is 112 Å². The second-order valence-electron chi connectivity index (χ2n) is 7.13. The molecular weight excluding hydrogens is 443 g/mol. The van der Waals surface area contributed by atoms with E-state index in [4.69, 9.17) is 28.3 Å². The Morgan fingerprint density at radius 3 is 1.65 bits per heavy atom. The summed E-state index contributed by atoms with van der Waals surface area (Å²) in [5, 5.41) is 28.4. The number of rotatable bonds is 9. The number of aliphatic carboxylic acids is 1. The molecule has 3 N–H and O–H groups in total. The van der Waals surface area contributed by atoms with Gasteiger partial charge in [-0.15, -0.1) is 0 Å². The molecule has 0 saturated heterocycles. The molecule has 2 rings (SSSR count). The fourth-order valence-electron chi connectivity index (χ4n) is 3.18. The second-order valence-corrected chi connectivity index (χ2v) is 7.94. The minimum Gasteiger partial charge on any atom is -0.481 e. The molecule has 0 aliphatic heterocycles. The van der Waals surface area contributed by atoms with Gasteiger partial charge in [0.25, 0.3) is 0 Å². The average molecular weight is 465 g/mol. The molecule has 0 spiro atoms. The van der Waals surface area contributed by atoms with Gasteiger partial charge < -0.3 is 15.3 Å². The third-order valence-electron chi connectivity index (χ3n) is 4.96. The summed E-state index contributed by atoms with van der Waals surface area (Å²) < 4.78 is 0. The van der Waals surface area contributed by atoms with Crippen LogP contribution in [0.25, 0.3) is 5.57 Å². The lowest BCUT2D eigenvalue weighted by Crippen LogP contribution is -2.04. The van der Waals surface area contributed by atoms with Crippen LogP contribution < -0.4 is 0 Å². The molecule has 0 heterocycles. The zero-order valence-electron chi connectivity index (χ0n) is 17.0. The Bertz CT molecular complexity index is 1000. The summed E-state index contributed by atoms with van der Waals surface area (Å²) >= 11 is 12.6. The summed E-state index contributed by atoms with van der Waals surface area (Å²) in [6.45, 7) is 3.21. The van der Waals surface area contributed by atoms with Gasteiger partial charge in [-0.3, -0.25) is 4.79 Å². The lowest BCUT2D eigenvalue weighted by atomic mass is 9.91. The van der Waals surface area contributed by atoms with E-state index in [0.717, 1.165) is 0 Å². The smallest absolute Gasteiger partial charge is 0.336 e. The zero-order chi connectivity index (χ0) is 23.3. The van der Waals surface area contributed by atoms with Crippen LogP contribution in [0.15, 0.2) is 30.3 Å². The Labute approximate surface area is 189 Å². The molecule has 2 aromatic rings. The van der Waals surface area contributed by atoms with Gasteiger partial charge in [0.05, 0.1) is 11.1 Å². The van der Waals surface area contributed by atoms with Gasteiger partial charge >= 0.3 is 17.9 Å². The van der Waals surface area contributed by atoms with Gasteiger partial charge in [-0.2, -0.15) is 0 Å². The van der Waals surface area contributed by atoms with E-state index < -0.39 is 17.9 Å². The van der Waals surface area contributed by atoms with E-state index in [-0.39, 0.29) is 27.6 Å². The molecule has 8 heteroatoms. The summed E-state index contributed by atoms with van der Waals surface area (Å²) in [6.07, 6.45) is 3.43. The Morgan fingerprint density at radius 1 is 0.806 bits per heavy atom. The molecule has 0 amide bonds. The Morgan fingerprint density at radius 2 is 1.26 bits per heavy atom. The minimum atomic E-state index is -1.13. The number of benzene rings is 2. The first-order valence-corrected chi connectivity index (χ1v) is 10.3. The summed E-state index contributed by atoms with van der Waals surface area (Å²) in [7, 11) is 0. The quantitative estimate of drug-likeness (QED) is 0.387. The number of unbranched alkanes of at least 4 members (excludes halogenated alkanes) is 2. The van der Waals surface area contributed by atoms with Gasteiger partial charge in [0.15, 0.2) is 0 Å². The third-order valence-corrected chi connectivity index (χ3v) is 5.75. The monoisotopic (exact) mass is 464 g/mol. The van der Waals surface area contributed by atoms with Crippen molar-refractivity contribution in [3.63, 3.8) is 0 Å². The molecule has 0 unspecified atom stereocenters. The highest BCUT2D eigenvalue weighted by Crippen LogP contribution is 2.33. The van der Waals surface area contributed by atoms with E-state index >= 15 is 0 Å². The van der Waals surface area contributed by atoms with Crippen LogP contribution in [-0.2, 0) is 4.79 Å². The molecule has 6 nitrogen and oxygen atoms in total. The van der Waals surface area contributed by atoms with Crippen molar-refractivity contribution in [2.45, 2.75) is 39.5 Å². The summed E-state index contributed by atoms with van der Waals surface area (Å²) in [5.41, 5.74) is 2.50. The van der Waals surface area contributed by atoms with Crippen LogP contribution in [0.3, 0.4) is 0 Å². The van der Waals surface area contributed by atoms with Crippen LogP contribution in [0.1, 0.15) is 68.7 Å². The van der Waals surface area contributed by atoms with E-state index in [0.29, 0.717) is 47.1 Å². The molecule has 2 aromatic carbocycles. The third kappa shape index (κ3) is 6.09. The number of halogens is 2.